The maximum Gasteiger partial charge on any atom is 0.345 e. The molecule has 3 heterocycles. The van der Waals surface area contributed by atoms with Crippen molar-refractivity contribution in [1.82, 2.24) is 9.78 Å². The number of phenols is 1. The van der Waals surface area contributed by atoms with E-state index in [9.17, 15) is 15.2 Å². The zero-order chi connectivity index (χ0) is 25.7. The van der Waals surface area contributed by atoms with Crippen LogP contribution in [0.2, 0.25) is 5.02 Å². The third kappa shape index (κ3) is 3.69. The lowest BCUT2D eigenvalue weighted by atomic mass is 9.83. The van der Waals surface area contributed by atoms with Crippen LogP contribution in [-0.2, 0) is 0 Å². The summed E-state index contributed by atoms with van der Waals surface area (Å²) < 4.78 is 13.1. The molecule has 37 heavy (non-hydrogen) atoms. The Bertz CT molecular complexity index is 1820. The van der Waals surface area contributed by atoms with E-state index in [1.807, 2.05) is 30.3 Å². The minimum Gasteiger partial charge on any atom is -0.508 e. The molecule has 5 aromatic rings. The summed E-state index contributed by atoms with van der Waals surface area (Å²) in [4.78, 5) is 13.2. The number of aromatic hydroxyl groups is 1. The van der Waals surface area contributed by atoms with E-state index in [-0.39, 0.29) is 39.9 Å². The minimum absolute atomic E-state index is 0.0235. The van der Waals surface area contributed by atoms with Gasteiger partial charge in [-0.05, 0) is 48.0 Å². The summed E-state index contributed by atoms with van der Waals surface area (Å²) in [5.74, 6) is -0.486. The third-order valence-electron chi connectivity index (χ3n) is 6.23. The highest BCUT2D eigenvalue weighted by molar-refractivity contribution is 6.30. The summed E-state index contributed by atoms with van der Waals surface area (Å²) in [6, 6.07) is 24.6. The van der Waals surface area contributed by atoms with Crippen molar-refractivity contribution in [3.63, 3.8) is 0 Å². The number of ether oxygens (including phenoxy) is 1. The van der Waals surface area contributed by atoms with Crippen molar-refractivity contribution in [3.05, 3.63) is 117 Å². The zero-order valence-corrected chi connectivity index (χ0v) is 19.8. The van der Waals surface area contributed by atoms with Gasteiger partial charge in [-0.2, -0.15) is 15.0 Å². The molecule has 6 rings (SSSR count). The fraction of sp³-hybridized carbons (Fsp3) is 0.0357. The molecule has 3 N–H and O–H groups in total. The molecule has 8 nitrogen and oxygen atoms in total. The van der Waals surface area contributed by atoms with Gasteiger partial charge in [-0.25, -0.2) is 4.79 Å². The van der Waals surface area contributed by atoms with Crippen LogP contribution in [0.1, 0.15) is 17.0 Å². The van der Waals surface area contributed by atoms with Gasteiger partial charge in [-0.15, -0.1) is 0 Å². The van der Waals surface area contributed by atoms with E-state index < -0.39 is 11.5 Å². The molecule has 1 aliphatic heterocycles. The SMILES string of the molecule is N#CC1=C(N)Oc2c(c(-c3cc4ccc(O)cc4oc3=O)nn2-c2ccccc2)C1c1ccc(Cl)cc1. The number of allylic oxidation sites excluding steroid dienone is 1. The highest BCUT2D eigenvalue weighted by Gasteiger charge is 2.38. The number of fused-ring (bicyclic) bond motifs is 2. The van der Waals surface area contributed by atoms with Crippen molar-refractivity contribution in [3.8, 4) is 34.6 Å². The number of aromatic nitrogens is 2. The topological polar surface area (TPSA) is 127 Å². The third-order valence-corrected chi connectivity index (χ3v) is 6.48. The Hall–Kier alpha value is -5.00. The Morgan fingerprint density at radius 3 is 2.54 bits per heavy atom. The zero-order valence-electron chi connectivity index (χ0n) is 19.1. The molecule has 0 saturated carbocycles. The Morgan fingerprint density at radius 2 is 1.81 bits per heavy atom. The molecule has 0 aliphatic carbocycles. The second kappa shape index (κ2) is 8.59. The summed E-state index contributed by atoms with van der Waals surface area (Å²) in [5.41, 5.74) is 8.32. The van der Waals surface area contributed by atoms with Gasteiger partial charge in [0.2, 0.25) is 11.8 Å². The van der Waals surface area contributed by atoms with Gasteiger partial charge in [0.25, 0.3) is 0 Å². The van der Waals surface area contributed by atoms with E-state index in [0.717, 1.165) is 5.56 Å². The Labute approximate surface area is 215 Å². The molecule has 0 radical (unpaired) electrons. The van der Waals surface area contributed by atoms with Crippen molar-refractivity contribution < 1.29 is 14.3 Å². The normalized spacial score (nSPS) is 14.8. The lowest BCUT2D eigenvalue weighted by Gasteiger charge is -2.25. The maximum atomic E-state index is 13.2. The highest BCUT2D eigenvalue weighted by atomic mass is 35.5. The van der Waals surface area contributed by atoms with Crippen LogP contribution in [0.3, 0.4) is 0 Å². The molecule has 0 fully saturated rings. The predicted molar refractivity (Wildman–Crippen MR) is 137 cm³/mol. The summed E-state index contributed by atoms with van der Waals surface area (Å²) in [7, 11) is 0. The van der Waals surface area contributed by atoms with Crippen LogP contribution in [0.15, 0.2) is 99.5 Å². The van der Waals surface area contributed by atoms with Crippen molar-refractivity contribution in [2.75, 3.05) is 0 Å². The van der Waals surface area contributed by atoms with Crippen LogP contribution in [0.25, 0.3) is 27.9 Å². The molecule has 1 aliphatic rings. The second-order valence-electron chi connectivity index (χ2n) is 8.46. The summed E-state index contributed by atoms with van der Waals surface area (Å²) in [5, 5.41) is 25.8. The number of hydrogen-bond acceptors (Lipinski definition) is 7. The van der Waals surface area contributed by atoms with E-state index in [2.05, 4.69) is 6.07 Å². The van der Waals surface area contributed by atoms with Crippen molar-refractivity contribution in [2.24, 2.45) is 5.73 Å². The number of hydrogen-bond donors (Lipinski definition) is 2. The average Bonchev–Trinajstić information content (AvgIpc) is 3.27. The van der Waals surface area contributed by atoms with Gasteiger partial charge in [0.05, 0.1) is 22.7 Å². The molecular formula is C28H17ClN4O4. The molecule has 180 valence electrons. The molecule has 0 saturated heterocycles. The number of nitrogens with zero attached hydrogens (tertiary/aromatic N) is 3. The van der Waals surface area contributed by atoms with Gasteiger partial charge in [-0.3, -0.25) is 0 Å². The largest absolute Gasteiger partial charge is 0.508 e. The molecule has 9 heteroatoms. The Balaban J connectivity index is 1.69. The molecule has 0 spiro atoms. The lowest BCUT2D eigenvalue weighted by Crippen LogP contribution is -2.22. The first kappa shape index (κ1) is 22.5. The van der Waals surface area contributed by atoms with Gasteiger partial charge in [0, 0.05) is 16.5 Å². The quantitative estimate of drug-likeness (QED) is 0.320. The molecule has 1 atom stereocenters. The van der Waals surface area contributed by atoms with Gasteiger partial charge < -0.3 is 20.0 Å². The number of nitriles is 1. The van der Waals surface area contributed by atoms with E-state index in [1.54, 1.807) is 41.1 Å². The first-order valence-electron chi connectivity index (χ1n) is 11.2. The van der Waals surface area contributed by atoms with Crippen molar-refractivity contribution >= 4 is 22.6 Å². The smallest absolute Gasteiger partial charge is 0.345 e. The van der Waals surface area contributed by atoms with Gasteiger partial charge in [-0.1, -0.05) is 41.9 Å². The molecule has 0 bridgehead atoms. The molecule has 1 unspecified atom stereocenters. The van der Waals surface area contributed by atoms with Crippen LogP contribution < -0.4 is 16.1 Å². The average molecular weight is 509 g/mol. The number of phenolic OH excluding ortho intramolecular Hbond substituents is 1. The van der Waals surface area contributed by atoms with Crippen molar-refractivity contribution in [2.45, 2.75) is 5.92 Å². The molecule has 0 amide bonds. The highest BCUT2D eigenvalue weighted by Crippen LogP contribution is 2.47. The number of nitrogens with two attached hydrogens (primary N) is 1. The maximum absolute atomic E-state index is 13.2. The number of para-hydroxylation sites is 1. The Kier molecular flexibility index (Phi) is 5.21. The van der Waals surface area contributed by atoms with Crippen molar-refractivity contribution in [1.29, 1.82) is 5.26 Å². The van der Waals surface area contributed by atoms with Gasteiger partial charge >= 0.3 is 5.63 Å². The number of benzene rings is 3. The lowest BCUT2D eigenvalue weighted by molar-refractivity contribution is 0.367. The Morgan fingerprint density at radius 1 is 1.05 bits per heavy atom. The summed E-state index contributed by atoms with van der Waals surface area (Å²) >= 11 is 6.13. The molecule has 3 aromatic carbocycles. The monoisotopic (exact) mass is 508 g/mol. The van der Waals surface area contributed by atoms with E-state index in [0.29, 0.717) is 21.7 Å². The summed E-state index contributed by atoms with van der Waals surface area (Å²) in [6.07, 6.45) is 0. The molecular weight excluding hydrogens is 492 g/mol. The second-order valence-corrected chi connectivity index (χ2v) is 8.90. The van der Waals surface area contributed by atoms with E-state index >= 15 is 0 Å². The number of halogens is 1. The van der Waals surface area contributed by atoms with Crippen LogP contribution in [-0.4, -0.2) is 14.9 Å². The number of rotatable bonds is 3. The molecule has 2 aromatic heterocycles. The van der Waals surface area contributed by atoms with Crippen LogP contribution in [0.5, 0.6) is 11.6 Å². The fourth-order valence-corrected chi connectivity index (χ4v) is 4.66. The van der Waals surface area contributed by atoms with Crippen LogP contribution in [0.4, 0.5) is 0 Å². The first-order chi connectivity index (χ1) is 17.9. The fourth-order valence-electron chi connectivity index (χ4n) is 4.54. The van der Waals surface area contributed by atoms with Crippen LogP contribution >= 0.6 is 11.6 Å². The van der Waals surface area contributed by atoms with Gasteiger partial charge in [0.1, 0.15) is 28.7 Å². The standard InChI is InChI=1S/C28H17ClN4O4/c29-17-9-6-15(7-10-17)23-21(14-30)26(31)37-27-24(23)25(32-33(27)18-4-2-1-3-5-18)20-12-16-8-11-19(34)13-22(16)36-28(20)35/h1-13,23,34H,31H2. The minimum atomic E-state index is -0.687. The predicted octanol–water partition coefficient (Wildman–Crippen LogP) is 5.22. The first-order valence-corrected chi connectivity index (χ1v) is 11.6. The van der Waals surface area contributed by atoms with E-state index in [1.165, 1.54) is 12.1 Å². The van der Waals surface area contributed by atoms with Crippen LogP contribution in [0, 0.1) is 11.3 Å². The van der Waals surface area contributed by atoms with E-state index in [4.69, 9.17) is 31.6 Å². The van der Waals surface area contributed by atoms with Gasteiger partial charge in [0.15, 0.2) is 0 Å². The summed E-state index contributed by atoms with van der Waals surface area (Å²) in [6.45, 7) is 0.